The summed E-state index contributed by atoms with van der Waals surface area (Å²) < 4.78 is 0. The summed E-state index contributed by atoms with van der Waals surface area (Å²) in [6.45, 7) is 3.04. The minimum Gasteiger partial charge on any atom is -0.306 e. The highest BCUT2D eigenvalue weighted by atomic mass is 14.9. The molecule has 1 aromatic carbocycles. The van der Waals surface area contributed by atoms with Crippen LogP contribution in [0.1, 0.15) is 24.1 Å². The highest BCUT2D eigenvalue weighted by molar-refractivity contribution is 5.16. The van der Waals surface area contributed by atoms with Crippen LogP contribution in [0.5, 0.6) is 0 Å². The molecule has 0 radical (unpaired) electrons. The van der Waals surface area contributed by atoms with Crippen molar-refractivity contribution >= 4 is 0 Å². The quantitative estimate of drug-likeness (QED) is 0.842. The molecule has 0 aliphatic rings. The highest BCUT2D eigenvalue weighted by Gasteiger charge is 2.03. The van der Waals surface area contributed by atoms with Gasteiger partial charge in [-0.15, -0.1) is 0 Å². The van der Waals surface area contributed by atoms with E-state index in [0.717, 1.165) is 6.54 Å². The molecule has 1 heterocycles. The van der Waals surface area contributed by atoms with Gasteiger partial charge in [-0.2, -0.15) is 0 Å². The van der Waals surface area contributed by atoms with Gasteiger partial charge >= 0.3 is 0 Å². The number of rotatable bonds is 4. The predicted molar refractivity (Wildman–Crippen MR) is 65.9 cm³/mol. The Morgan fingerprint density at radius 2 is 1.94 bits per heavy atom. The second-order valence-corrected chi connectivity index (χ2v) is 3.87. The zero-order valence-electron chi connectivity index (χ0n) is 9.43. The van der Waals surface area contributed by atoms with E-state index in [2.05, 4.69) is 47.6 Å². The average molecular weight is 212 g/mol. The number of benzene rings is 1. The summed E-state index contributed by atoms with van der Waals surface area (Å²) in [7, 11) is 0. The Hall–Kier alpha value is -1.67. The molecule has 0 unspecified atom stereocenters. The van der Waals surface area contributed by atoms with Crippen LogP contribution in [0.2, 0.25) is 0 Å². The van der Waals surface area contributed by atoms with Gasteiger partial charge in [0, 0.05) is 25.0 Å². The summed E-state index contributed by atoms with van der Waals surface area (Å²) in [6.07, 6.45) is 3.70. The summed E-state index contributed by atoms with van der Waals surface area (Å²) in [5, 5.41) is 3.48. The molecule has 0 amide bonds. The van der Waals surface area contributed by atoms with Crippen LogP contribution < -0.4 is 5.32 Å². The van der Waals surface area contributed by atoms with E-state index in [1.807, 2.05) is 18.3 Å². The molecule has 1 aromatic heterocycles. The van der Waals surface area contributed by atoms with Crippen molar-refractivity contribution in [3.63, 3.8) is 0 Å². The maximum Gasteiger partial charge on any atom is 0.0315 e. The van der Waals surface area contributed by atoms with Crippen molar-refractivity contribution in [1.29, 1.82) is 0 Å². The molecule has 0 spiro atoms. The van der Waals surface area contributed by atoms with Crippen molar-refractivity contribution in [1.82, 2.24) is 10.3 Å². The van der Waals surface area contributed by atoms with E-state index in [4.69, 9.17) is 0 Å². The van der Waals surface area contributed by atoms with Crippen molar-refractivity contribution < 1.29 is 0 Å². The summed E-state index contributed by atoms with van der Waals surface area (Å²) >= 11 is 0. The molecule has 2 heteroatoms. The van der Waals surface area contributed by atoms with Crippen molar-refractivity contribution in [2.75, 3.05) is 0 Å². The van der Waals surface area contributed by atoms with E-state index >= 15 is 0 Å². The van der Waals surface area contributed by atoms with Crippen LogP contribution in [0.15, 0.2) is 54.9 Å². The SMILES string of the molecule is C[C@H](NCc1ccccc1)c1cccnc1. The van der Waals surface area contributed by atoms with E-state index in [-0.39, 0.29) is 0 Å². The molecule has 1 atom stereocenters. The number of hydrogen-bond acceptors (Lipinski definition) is 2. The smallest absolute Gasteiger partial charge is 0.0315 e. The van der Waals surface area contributed by atoms with Crippen molar-refractivity contribution in [2.45, 2.75) is 19.5 Å². The predicted octanol–water partition coefficient (Wildman–Crippen LogP) is 2.93. The van der Waals surface area contributed by atoms with Crippen LogP contribution in [0, 0.1) is 0 Å². The molecule has 0 aliphatic heterocycles. The standard InChI is InChI=1S/C14H16N2/c1-12(14-8-5-9-15-11-14)16-10-13-6-3-2-4-7-13/h2-9,11-12,16H,10H2,1H3/t12-/m0/s1. The summed E-state index contributed by atoms with van der Waals surface area (Å²) in [5.41, 5.74) is 2.52. The molecular weight excluding hydrogens is 196 g/mol. The molecule has 0 bridgehead atoms. The first kappa shape index (κ1) is 10.8. The largest absolute Gasteiger partial charge is 0.306 e. The normalized spacial score (nSPS) is 12.3. The second-order valence-electron chi connectivity index (χ2n) is 3.87. The Balaban J connectivity index is 1.92. The van der Waals surface area contributed by atoms with Crippen molar-refractivity contribution in [2.24, 2.45) is 0 Å². The molecule has 2 aromatic rings. The fourth-order valence-corrected chi connectivity index (χ4v) is 1.62. The van der Waals surface area contributed by atoms with E-state index < -0.39 is 0 Å². The molecule has 82 valence electrons. The van der Waals surface area contributed by atoms with Crippen LogP contribution in [0.25, 0.3) is 0 Å². The average Bonchev–Trinajstić information content (AvgIpc) is 2.38. The summed E-state index contributed by atoms with van der Waals surface area (Å²) in [5.74, 6) is 0. The number of nitrogens with zero attached hydrogens (tertiary/aromatic N) is 1. The van der Waals surface area contributed by atoms with E-state index in [1.54, 1.807) is 6.20 Å². The lowest BCUT2D eigenvalue weighted by Crippen LogP contribution is -2.18. The van der Waals surface area contributed by atoms with Gasteiger partial charge in [0.15, 0.2) is 0 Å². The molecule has 2 rings (SSSR count). The molecule has 0 aliphatic carbocycles. The maximum atomic E-state index is 4.12. The van der Waals surface area contributed by atoms with Gasteiger partial charge in [-0.25, -0.2) is 0 Å². The van der Waals surface area contributed by atoms with Crippen LogP contribution in [0.3, 0.4) is 0 Å². The summed E-state index contributed by atoms with van der Waals surface area (Å²) in [4.78, 5) is 4.12. The third kappa shape index (κ3) is 2.91. The molecule has 1 N–H and O–H groups in total. The maximum absolute atomic E-state index is 4.12. The van der Waals surface area contributed by atoms with Crippen LogP contribution in [0.4, 0.5) is 0 Å². The van der Waals surface area contributed by atoms with E-state index in [9.17, 15) is 0 Å². The lowest BCUT2D eigenvalue weighted by Gasteiger charge is -2.13. The molecule has 16 heavy (non-hydrogen) atoms. The van der Waals surface area contributed by atoms with E-state index in [0.29, 0.717) is 6.04 Å². The lowest BCUT2D eigenvalue weighted by molar-refractivity contribution is 0.573. The summed E-state index contributed by atoms with van der Waals surface area (Å²) in [6, 6.07) is 14.8. The number of hydrogen-bond donors (Lipinski definition) is 1. The van der Waals surface area contributed by atoms with Crippen molar-refractivity contribution in [3.05, 3.63) is 66.0 Å². The minimum atomic E-state index is 0.328. The zero-order valence-corrected chi connectivity index (χ0v) is 9.43. The second kappa shape index (κ2) is 5.42. The van der Waals surface area contributed by atoms with Gasteiger partial charge in [0.2, 0.25) is 0 Å². The van der Waals surface area contributed by atoms with Crippen LogP contribution in [-0.4, -0.2) is 4.98 Å². The first-order chi connectivity index (χ1) is 7.86. The monoisotopic (exact) mass is 212 g/mol. The van der Waals surface area contributed by atoms with Gasteiger partial charge < -0.3 is 5.32 Å². The van der Waals surface area contributed by atoms with Gasteiger partial charge in [-0.05, 0) is 24.1 Å². The fourth-order valence-electron chi connectivity index (χ4n) is 1.62. The first-order valence-electron chi connectivity index (χ1n) is 5.53. The van der Waals surface area contributed by atoms with Crippen LogP contribution in [-0.2, 0) is 6.54 Å². The Labute approximate surface area is 96.4 Å². The van der Waals surface area contributed by atoms with E-state index in [1.165, 1.54) is 11.1 Å². The molecule has 0 fully saturated rings. The molecule has 2 nitrogen and oxygen atoms in total. The van der Waals surface area contributed by atoms with Crippen LogP contribution >= 0.6 is 0 Å². The highest BCUT2D eigenvalue weighted by Crippen LogP contribution is 2.10. The molecular formula is C14H16N2. The third-order valence-corrected chi connectivity index (χ3v) is 2.64. The minimum absolute atomic E-state index is 0.328. The topological polar surface area (TPSA) is 24.9 Å². The number of pyridine rings is 1. The van der Waals surface area contributed by atoms with Crippen molar-refractivity contribution in [3.8, 4) is 0 Å². The Morgan fingerprint density at radius 3 is 2.62 bits per heavy atom. The fraction of sp³-hybridized carbons (Fsp3) is 0.214. The molecule has 0 saturated carbocycles. The van der Waals surface area contributed by atoms with Gasteiger partial charge in [-0.3, -0.25) is 4.98 Å². The van der Waals surface area contributed by atoms with Gasteiger partial charge in [0.1, 0.15) is 0 Å². The number of nitrogens with one attached hydrogen (secondary N) is 1. The third-order valence-electron chi connectivity index (χ3n) is 2.64. The zero-order chi connectivity index (χ0) is 11.2. The first-order valence-corrected chi connectivity index (χ1v) is 5.53. The Bertz CT molecular complexity index is 411. The number of aromatic nitrogens is 1. The van der Waals surface area contributed by atoms with Gasteiger partial charge in [0.05, 0.1) is 0 Å². The van der Waals surface area contributed by atoms with Gasteiger partial charge in [0.25, 0.3) is 0 Å². The lowest BCUT2D eigenvalue weighted by atomic mass is 10.1. The molecule has 0 saturated heterocycles. The van der Waals surface area contributed by atoms with Gasteiger partial charge in [-0.1, -0.05) is 36.4 Å². The Kier molecular flexibility index (Phi) is 3.67. The Morgan fingerprint density at radius 1 is 1.12 bits per heavy atom.